The van der Waals surface area contributed by atoms with Crippen LogP contribution in [0.2, 0.25) is 0 Å². The van der Waals surface area contributed by atoms with Gasteiger partial charge in [-0.1, -0.05) is 58.5 Å². The lowest BCUT2D eigenvalue weighted by Crippen LogP contribution is -2.15. The van der Waals surface area contributed by atoms with Crippen LogP contribution in [0.3, 0.4) is 0 Å². The Labute approximate surface area is 154 Å². The largest absolute Gasteiger partial charge is 0.325 e. The topological polar surface area (TPSA) is 59.8 Å². The van der Waals surface area contributed by atoms with Crippen LogP contribution in [-0.4, -0.2) is 26.4 Å². The van der Waals surface area contributed by atoms with Crippen LogP contribution < -0.4 is 5.32 Å². The molecule has 6 heteroatoms. The Balaban J connectivity index is 1.95. The molecule has 136 valence electrons. The average Bonchev–Trinajstić information content (AvgIpc) is 2.97. The minimum Gasteiger partial charge on any atom is -0.325 e. The van der Waals surface area contributed by atoms with E-state index >= 15 is 0 Å². The molecule has 0 saturated carbocycles. The van der Waals surface area contributed by atoms with Gasteiger partial charge in [0.1, 0.15) is 5.82 Å². The number of thioether (sulfide) groups is 1. The predicted molar refractivity (Wildman–Crippen MR) is 104 cm³/mol. The molecule has 0 saturated heterocycles. The number of nitrogens with one attached hydrogen (secondary N) is 1. The van der Waals surface area contributed by atoms with Gasteiger partial charge in [0.05, 0.1) is 5.75 Å². The van der Waals surface area contributed by atoms with Crippen molar-refractivity contribution >= 4 is 23.4 Å². The van der Waals surface area contributed by atoms with Crippen molar-refractivity contribution in [2.24, 2.45) is 0 Å². The Bertz CT molecular complexity index is 692. The van der Waals surface area contributed by atoms with Gasteiger partial charge in [-0.25, -0.2) is 0 Å². The molecule has 0 radical (unpaired) electrons. The van der Waals surface area contributed by atoms with Crippen molar-refractivity contribution in [1.82, 2.24) is 14.8 Å². The highest BCUT2D eigenvalue weighted by Gasteiger charge is 2.16. The Morgan fingerprint density at radius 2 is 1.80 bits per heavy atom. The van der Waals surface area contributed by atoms with Crippen molar-refractivity contribution in [2.75, 3.05) is 11.1 Å². The second-order valence-corrected chi connectivity index (χ2v) is 7.70. The molecule has 2 rings (SSSR count). The highest BCUT2D eigenvalue weighted by molar-refractivity contribution is 7.99. The highest BCUT2D eigenvalue weighted by atomic mass is 32.2. The fourth-order valence-electron chi connectivity index (χ4n) is 2.55. The molecule has 1 amide bonds. The van der Waals surface area contributed by atoms with Gasteiger partial charge >= 0.3 is 0 Å². The maximum absolute atomic E-state index is 12.2. The summed E-state index contributed by atoms with van der Waals surface area (Å²) in [5.41, 5.74) is 2.09. The summed E-state index contributed by atoms with van der Waals surface area (Å²) < 4.78 is 2.13. The second kappa shape index (κ2) is 9.04. The van der Waals surface area contributed by atoms with Crippen LogP contribution in [-0.2, 0) is 11.3 Å². The number of amides is 1. The average molecular weight is 361 g/mol. The Morgan fingerprint density at radius 3 is 2.36 bits per heavy atom. The number of rotatable bonds is 8. The van der Waals surface area contributed by atoms with Gasteiger partial charge in [-0.2, -0.15) is 0 Å². The van der Waals surface area contributed by atoms with E-state index < -0.39 is 0 Å². The fraction of sp³-hybridized carbons (Fsp3) is 0.526. The van der Waals surface area contributed by atoms with Crippen molar-refractivity contribution in [3.05, 3.63) is 35.7 Å². The van der Waals surface area contributed by atoms with Gasteiger partial charge in [0.25, 0.3) is 0 Å². The number of hydrogen-bond acceptors (Lipinski definition) is 4. The first-order valence-corrected chi connectivity index (χ1v) is 9.86. The number of hydrogen-bond donors (Lipinski definition) is 1. The quantitative estimate of drug-likeness (QED) is 0.695. The van der Waals surface area contributed by atoms with E-state index in [0.29, 0.717) is 17.6 Å². The van der Waals surface area contributed by atoms with Gasteiger partial charge in [-0.3, -0.25) is 4.79 Å². The van der Waals surface area contributed by atoms with E-state index in [1.165, 1.54) is 17.3 Å². The first kappa shape index (κ1) is 19.5. The van der Waals surface area contributed by atoms with Crippen LogP contribution in [0, 0.1) is 0 Å². The summed E-state index contributed by atoms with van der Waals surface area (Å²) in [7, 11) is 0. The van der Waals surface area contributed by atoms with Crippen molar-refractivity contribution < 1.29 is 4.79 Å². The summed E-state index contributed by atoms with van der Waals surface area (Å²) in [4.78, 5) is 12.2. The Morgan fingerprint density at radius 1 is 1.12 bits per heavy atom. The first-order valence-electron chi connectivity index (χ1n) is 8.88. The molecular weight excluding hydrogens is 332 g/mol. The third-order valence-corrected chi connectivity index (χ3v) is 4.87. The fourth-order valence-corrected chi connectivity index (χ4v) is 3.32. The van der Waals surface area contributed by atoms with E-state index in [9.17, 15) is 4.79 Å². The highest BCUT2D eigenvalue weighted by Crippen LogP contribution is 2.22. The maximum Gasteiger partial charge on any atom is 0.234 e. The van der Waals surface area contributed by atoms with Gasteiger partial charge in [0.2, 0.25) is 5.91 Å². The van der Waals surface area contributed by atoms with E-state index in [4.69, 9.17) is 0 Å². The zero-order chi connectivity index (χ0) is 18.4. The van der Waals surface area contributed by atoms with Crippen molar-refractivity contribution in [3.63, 3.8) is 0 Å². The van der Waals surface area contributed by atoms with Crippen molar-refractivity contribution in [1.29, 1.82) is 0 Å². The van der Waals surface area contributed by atoms with Crippen LogP contribution in [0.1, 0.15) is 64.3 Å². The van der Waals surface area contributed by atoms with E-state index in [2.05, 4.69) is 66.8 Å². The summed E-state index contributed by atoms with van der Waals surface area (Å²) in [5, 5.41) is 12.3. The molecule has 0 aliphatic carbocycles. The lowest BCUT2D eigenvalue weighted by Gasteiger charge is -2.11. The predicted octanol–water partition coefficient (Wildman–Crippen LogP) is 4.67. The molecule has 1 heterocycles. The molecule has 0 atom stereocenters. The molecule has 0 aliphatic rings. The van der Waals surface area contributed by atoms with Gasteiger partial charge in [-0.05, 0) is 30.0 Å². The molecule has 0 unspecified atom stereocenters. The number of nitrogens with zero attached hydrogens (tertiary/aromatic N) is 3. The van der Waals surface area contributed by atoms with E-state index in [0.717, 1.165) is 29.6 Å². The number of benzene rings is 1. The molecule has 1 aromatic carbocycles. The second-order valence-electron chi connectivity index (χ2n) is 6.76. The SMILES string of the molecule is CCCn1c(SCC(=O)Nc2ccc(C(C)C)cc2)nnc1C(C)C. The van der Waals surface area contributed by atoms with Crippen LogP contribution in [0.4, 0.5) is 5.69 Å². The van der Waals surface area contributed by atoms with Gasteiger partial charge in [0.15, 0.2) is 5.16 Å². The summed E-state index contributed by atoms with van der Waals surface area (Å²) >= 11 is 1.44. The lowest BCUT2D eigenvalue weighted by molar-refractivity contribution is -0.113. The number of carbonyl (C=O) groups is 1. The van der Waals surface area contributed by atoms with E-state index in [-0.39, 0.29) is 5.91 Å². The summed E-state index contributed by atoms with van der Waals surface area (Å²) in [6.45, 7) is 11.5. The van der Waals surface area contributed by atoms with E-state index in [1.807, 2.05) is 12.1 Å². The Hall–Kier alpha value is -1.82. The molecule has 0 aliphatic heterocycles. The van der Waals surface area contributed by atoms with Gasteiger partial charge < -0.3 is 9.88 Å². The third kappa shape index (κ3) is 5.33. The number of anilines is 1. The van der Waals surface area contributed by atoms with Crippen LogP contribution in [0.25, 0.3) is 0 Å². The van der Waals surface area contributed by atoms with Gasteiger partial charge in [0, 0.05) is 18.2 Å². The third-order valence-electron chi connectivity index (χ3n) is 3.90. The smallest absolute Gasteiger partial charge is 0.234 e. The summed E-state index contributed by atoms with van der Waals surface area (Å²) in [6.07, 6.45) is 1.01. The lowest BCUT2D eigenvalue weighted by atomic mass is 10.0. The minimum absolute atomic E-state index is 0.0283. The molecule has 1 aromatic heterocycles. The van der Waals surface area contributed by atoms with Crippen LogP contribution in [0.5, 0.6) is 0 Å². The molecule has 0 spiro atoms. The van der Waals surface area contributed by atoms with Gasteiger partial charge in [-0.15, -0.1) is 10.2 Å². The monoisotopic (exact) mass is 360 g/mol. The van der Waals surface area contributed by atoms with Crippen molar-refractivity contribution in [2.45, 2.75) is 64.6 Å². The zero-order valence-corrected chi connectivity index (χ0v) is 16.6. The number of carbonyl (C=O) groups excluding carboxylic acids is 1. The summed E-state index contributed by atoms with van der Waals surface area (Å²) in [5.74, 6) is 2.09. The van der Waals surface area contributed by atoms with Crippen LogP contribution >= 0.6 is 11.8 Å². The maximum atomic E-state index is 12.2. The molecule has 0 fully saturated rings. The van der Waals surface area contributed by atoms with Crippen molar-refractivity contribution in [3.8, 4) is 0 Å². The molecule has 1 N–H and O–H groups in total. The number of aromatic nitrogens is 3. The molecule has 5 nitrogen and oxygen atoms in total. The minimum atomic E-state index is -0.0283. The summed E-state index contributed by atoms with van der Waals surface area (Å²) in [6, 6.07) is 8.02. The molecule has 0 bridgehead atoms. The van der Waals surface area contributed by atoms with E-state index in [1.54, 1.807) is 0 Å². The molecular formula is C19H28N4OS. The Kier molecular flexibility index (Phi) is 7.05. The molecule has 25 heavy (non-hydrogen) atoms. The zero-order valence-electron chi connectivity index (χ0n) is 15.7. The first-order chi connectivity index (χ1) is 11.9. The molecule has 2 aromatic rings. The standard InChI is InChI=1S/C19H28N4OS/c1-6-11-23-18(14(4)5)21-22-19(23)25-12-17(24)20-16-9-7-15(8-10-16)13(2)3/h7-10,13-14H,6,11-12H2,1-5H3,(H,20,24). The normalized spacial score (nSPS) is 11.3. The van der Waals surface area contributed by atoms with Crippen LogP contribution in [0.15, 0.2) is 29.4 Å².